The second kappa shape index (κ2) is 6.77. The van der Waals surface area contributed by atoms with E-state index in [0.29, 0.717) is 10.8 Å². The number of rotatable bonds is 4. The van der Waals surface area contributed by atoms with Crippen LogP contribution in [0.2, 0.25) is 5.02 Å². The molecule has 1 aromatic heterocycles. The molecule has 1 atom stereocenters. The molecule has 0 saturated carbocycles. The number of benzene rings is 1. The Morgan fingerprint density at radius 3 is 2.70 bits per heavy atom. The van der Waals surface area contributed by atoms with Gasteiger partial charge >= 0.3 is 0 Å². The first-order valence-electron chi connectivity index (χ1n) is 6.22. The van der Waals surface area contributed by atoms with Crippen LogP contribution in [0.3, 0.4) is 0 Å². The Morgan fingerprint density at radius 1 is 1.25 bits per heavy atom. The van der Waals surface area contributed by atoms with Gasteiger partial charge in [0.25, 0.3) is 0 Å². The summed E-state index contributed by atoms with van der Waals surface area (Å²) in [5.41, 5.74) is 0.870. The largest absolute Gasteiger partial charge is 0.310 e. The Bertz CT molecular complexity index is 618. The molecule has 2 aromatic rings. The summed E-state index contributed by atoms with van der Waals surface area (Å²) in [6.45, 7) is 3.73. The lowest BCUT2D eigenvalue weighted by Crippen LogP contribution is -2.23. The van der Waals surface area contributed by atoms with Crippen molar-refractivity contribution in [3.63, 3.8) is 0 Å². The van der Waals surface area contributed by atoms with Crippen molar-refractivity contribution in [3.8, 4) is 0 Å². The monoisotopic (exact) mass is 306 g/mol. The lowest BCUT2D eigenvalue weighted by Gasteiger charge is -2.12. The van der Waals surface area contributed by atoms with E-state index in [0.717, 1.165) is 10.6 Å². The van der Waals surface area contributed by atoms with Crippen molar-refractivity contribution in [1.29, 1.82) is 0 Å². The zero-order valence-electron chi connectivity index (χ0n) is 11.3. The van der Waals surface area contributed by atoms with E-state index in [1.807, 2.05) is 50.2 Å². The van der Waals surface area contributed by atoms with E-state index in [9.17, 15) is 4.79 Å². The molecule has 1 aromatic carbocycles. The van der Waals surface area contributed by atoms with Gasteiger partial charge in [0.1, 0.15) is 5.82 Å². The van der Waals surface area contributed by atoms with E-state index in [4.69, 9.17) is 11.6 Å². The Labute approximate surface area is 127 Å². The van der Waals surface area contributed by atoms with Gasteiger partial charge in [-0.05, 0) is 38.1 Å². The first-order valence-corrected chi connectivity index (χ1v) is 7.48. The van der Waals surface area contributed by atoms with Crippen molar-refractivity contribution in [2.75, 3.05) is 5.32 Å². The third-order valence-electron chi connectivity index (χ3n) is 2.65. The molecule has 0 aliphatic carbocycles. The number of pyridine rings is 1. The summed E-state index contributed by atoms with van der Waals surface area (Å²) in [7, 11) is 0. The molecule has 0 bridgehead atoms. The molecular formula is C15H15ClN2OS. The van der Waals surface area contributed by atoms with E-state index in [1.54, 1.807) is 6.07 Å². The summed E-state index contributed by atoms with van der Waals surface area (Å²) >= 11 is 7.52. The highest BCUT2D eigenvalue weighted by Crippen LogP contribution is 2.30. The van der Waals surface area contributed by atoms with E-state index in [2.05, 4.69) is 10.3 Å². The number of amides is 1. The molecule has 0 aliphatic rings. The summed E-state index contributed by atoms with van der Waals surface area (Å²) in [5, 5.41) is 3.21. The summed E-state index contributed by atoms with van der Waals surface area (Å²) in [6.07, 6.45) is 0. The second-order valence-corrected chi connectivity index (χ2v) is 6.13. The number of hydrogen-bond acceptors (Lipinski definition) is 3. The molecule has 1 N–H and O–H groups in total. The molecule has 0 radical (unpaired) electrons. The maximum Gasteiger partial charge on any atom is 0.238 e. The van der Waals surface area contributed by atoms with Crippen LogP contribution in [0.1, 0.15) is 12.6 Å². The van der Waals surface area contributed by atoms with Gasteiger partial charge in [0.2, 0.25) is 5.91 Å². The summed E-state index contributed by atoms with van der Waals surface area (Å²) in [5.74, 6) is 0.481. The number of aryl methyl sites for hydroxylation is 1. The normalized spacial score (nSPS) is 11.9. The zero-order valence-corrected chi connectivity index (χ0v) is 12.8. The number of aromatic nitrogens is 1. The molecule has 0 saturated heterocycles. The van der Waals surface area contributed by atoms with E-state index in [-0.39, 0.29) is 11.2 Å². The smallest absolute Gasteiger partial charge is 0.238 e. The first-order chi connectivity index (χ1) is 9.56. The van der Waals surface area contributed by atoms with Crippen molar-refractivity contribution in [2.45, 2.75) is 24.0 Å². The van der Waals surface area contributed by atoms with E-state index < -0.39 is 0 Å². The number of halogens is 1. The first kappa shape index (κ1) is 14.9. The molecule has 0 fully saturated rings. The number of carbonyl (C=O) groups is 1. The highest BCUT2D eigenvalue weighted by molar-refractivity contribution is 8.00. The number of carbonyl (C=O) groups excluding carboxylic acids is 1. The Hall–Kier alpha value is -1.52. The predicted octanol–water partition coefficient (Wildman–Crippen LogP) is 4.16. The van der Waals surface area contributed by atoms with Crippen LogP contribution in [0.15, 0.2) is 47.4 Å². The molecule has 2 rings (SSSR count). The maximum atomic E-state index is 12.1. The number of anilines is 1. The minimum absolute atomic E-state index is 0.0898. The Kier molecular flexibility index (Phi) is 5.04. The molecule has 20 heavy (non-hydrogen) atoms. The average Bonchev–Trinajstić information content (AvgIpc) is 2.41. The van der Waals surface area contributed by atoms with Gasteiger partial charge in [0, 0.05) is 10.6 Å². The molecule has 1 amide bonds. The standard InChI is InChI=1S/C15H15ClN2OS/c1-10-6-5-9-14(17-10)18-15(19)11(2)20-13-8-4-3-7-12(13)16/h3-9,11H,1-2H3,(H,17,18,19). The van der Waals surface area contributed by atoms with Gasteiger partial charge in [0.15, 0.2) is 0 Å². The molecule has 3 nitrogen and oxygen atoms in total. The van der Waals surface area contributed by atoms with Crippen LogP contribution in [0, 0.1) is 6.92 Å². The van der Waals surface area contributed by atoms with Crippen molar-refractivity contribution in [1.82, 2.24) is 4.98 Å². The maximum absolute atomic E-state index is 12.1. The van der Waals surface area contributed by atoms with Gasteiger partial charge in [-0.3, -0.25) is 4.79 Å². The van der Waals surface area contributed by atoms with Gasteiger partial charge in [-0.15, -0.1) is 11.8 Å². The van der Waals surface area contributed by atoms with Crippen LogP contribution in [0.5, 0.6) is 0 Å². The highest BCUT2D eigenvalue weighted by Gasteiger charge is 2.16. The molecule has 0 spiro atoms. The van der Waals surface area contributed by atoms with Crippen molar-refractivity contribution in [3.05, 3.63) is 53.2 Å². The minimum atomic E-state index is -0.253. The van der Waals surface area contributed by atoms with Crippen molar-refractivity contribution < 1.29 is 4.79 Å². The minimum Gasteiger partial charge on any atom is -0.310 e. The molecule has 0 aliphatic heterocycles. The fourth-order valence-electron chi connectivity index (χ4n) is 1.62. The summed E-state index contributed by atoms with van der Waals surface area (Å²) < 4.78 is 0. The quantitative estimate of drug-likeness (QED) is 0.862. The molecule has 5 heteroatoms. The van der Waals surface area contributed by atoms with Crippen molar-refractivity contribution >= 4 is 35.1 Å². The Balaban J connectivity index is 2.01. The average molecular weight is 307 g/mol. The Morgan fingerprint density at radius 2 is 2.00 bits per heavy atom. The summed E-state index contributed by atoms with van der Waals surface area (Å²) in [6, 6.07) is 13.0. The number of hydrogen-bond donors (Lipinski definition) is 1. The number of nitrogens with zero attached hydrogens (tertiary/aromatic N) is 1. The second-order valence-electron chi connectivity index (χ2n) is 4.34. The summed E-state index contributed by atoms with van der Waals surface area (Å²) in [4.78, 5) is 17.3. The SMILES string of the molecule is Cc1cccc(NC(=O)C(C)Sc2ccccc2Cl)n1. The van der Waals surface area contributed by atoms with Crippen LogP contribution in [-0.2, 0) is 4.79 Å². The predicted molar refractivity (Wildman–Crippen MR) is 84.4 cm³/mol. The van der Waals surface area contributed by atoms with Gasteiger partial charge in [-0.25, -0.2) is 4.98 Å². The topological polar surface area (TPSA) is 42.0 Å². The number of thioether (sulfide) groups is 1. The van der Waals surface area contributed by atoms with Crippen LogP contribution < -0.4 is 5.32 Å². The van der Waals surface area contributed by atoms with Crippen LogP contribution in [0.25, 0.3) is 0 Å². The van der Waals surface area contributed by atoms with Crippen LogP contribution in [-0.4, -0.2) is 16.1 Å². The zero-order chi connectivity index (χ0) is 14.5. The van der Waals surface area contributed by atoms with Gasteiger partial charge in [-0.1, -0.05) is 29.8 Å². The van der Waals surface area contributed by atoms with Crippen LogP contribution >= 0.6 is 23.4 Å². The van der Waals surface area contributed by atoms with Crippen LogP contribution in [0.4, 0.5) is 5.82 Å². The molecular weight excluding hydrogens is 292 g/mol. The third kappa shape index (κ3) is 3.99. The van der Waals surface area contributed by atoms with Gasteiger partial charge in [-0.2, -0.15) is 0 Å². The highest BCUT2D eigenvalue weighted by atomic mass is 35.5. The van der Waals surface area contributed by atoms with Crippen molar-refractivity contribution in [2.24, 2.45) is 0 Å². The lowest BCUT2D eigenvalue weighted by atomic mass is 10.3. The van der Waals surface area contributed by atoms with Gasteiger partial charge in [0.05, 0.1) is 10.3 Å². The van der Waals surface area contributed by atoms with Gasteiger partial charge < -0.3 is 5.32 Å². The van der Waals surface area contributed by atoms with E-state index >= 15 is 0 Å². The number of nitrogens with one attached hydrogen (secondary N) is 1. The van der Waals surface area contributed by atoms with E-state index in [1.165, 1.54) is 11.8 Å². The molecule has 1 unspecified atom stereocenters. The molecule has 1 heterocycles. The fourth-order valence-corrected chi connectivity index (χ4v) is 2.78. The fraction of sp³-hybridized carbons (Fsp3) is 0.200. The molecule has 104 valence electrons. The lowest BCUT2D eigenvalue weighted by molar-refractivity contribution is -0.115. The third-order valence-corrected chi connectivity index (χ3v) is 4.27.